The first-order valence-corrected chi connectivity index (χ1v) is 5.99. The number of hydrogen-bond donors (Lipinski definition) is 0. The van der Waals surface area contributed by atoms with Crippen molar-refractivity contribution in [2.24, 2.45) is 0 Å². The fourth-order valence-electron chi connectivity index (χ4n) is 1.50. The number of rotatable bonds is 4. The molecule has 0 N–H and O–H groups in total. The topological polar surface area (TPSA) is 26.3 Å². The van der Waals surface area contributed by atoms with Gasteiger partial charge in [-0.1, -0.05) is 0 Å². The molecular formula is C12H12BrFO2. The van der Waals surface area contributed by atoms with Gasteiger partial charge in [0.15, 0.2) is 0 Å². The van der Waals surface area contributed by atoms with Gasteiger partial charge in [0.2, 0.25) is 0 Å². The Kier molecular flexibility index (Phi) is 3.28. The first-order chi connectivity index (χ1) is 7.56. The van der Waals surface area contributed by atoms with Crippen LogP contribution in [-0.2, 0) is 11.2 Å². The molecule has 0 spiro atoms. The molecule has 4 heteroatoms. The van der Waals surface area contributed by atoms with Gasteiger partial charge in [0.05, 0.1) is 10.6 Å². The molecule has 0 atom stereocenters. The fourth-order valence-corrected chi connectivity index (χ4v) is 2.06. The summed E-state index contributed by atoms with van der Waals surface area (Å²) in [7, 11) is 0. The molecule has 0 saturated heterocycles. The highest BCUT2D eigenvalue weighted by molar-refractivity contribution is 9.10. The molecule has 2 nitrogen and oxygen atoms in total. The summed E-state index contributed by atoms with van der Waals surface area (Å²) in [4.78, 5) is 11.1. The minimum Gasteiger partial charge on any atom is -0.489 e. The average molecular weight is 287 g/mol. The third-order valence-electron chi connectivity index (χ3n) is 2.33. The van der Waals surface area contributed by atoms with Gasteiger partial charge in [0.1, 0.15) is 17.3 Å². The van der Waals surface area contributed by atoms with Crippen LogP contribution in [0.1, 0.15) is 25.3 Å². The SMILES string of the molecule is CC(=O)Cc1cc(F)cc(Br)c1OC1CC1. The van der Waals surface area contributed by atoms with Crippen LogP contribution in [0.5, 0.6) is 5.75 Å². The second-order valence-corrected chi connectivity index (χ2v) is 4.93. The molecule has 1 aliphatic rings. The van der Waals surface area contributed by atoms with Crippen molar-refractivity contribution >= 4 is 21.7 Å². The first-order valence-electron chi connectivity index (χ1n) is 5.20. The Morgan fingerprint density at radius 2 is 2.25 bits per heavy atom. The van der Waals surface area contributed by atoms with Crippen molar-refractivity contribution in [1.82, 2.24) is 0 Å². The predicted octanol–water partition coefficient (Wildman–Crippen LogP) is 3.26. The molecule has 1 aromatic rings. The van der Waals surface area contributed by atoms with Crippen LogP contribution >= 0.6 is 15.9 Å². The zero-order valence-corrected chi connectivity index (χ0v) is 10.5. The Balaban J connectivity index is 2.32. The van der Waals surface area contributed by atoms with Crippen molar-refractivity contribution in [3.05, 3.63) is 28.0 Å². The Hall–Kier alpha value is -0.900. The lowest BCUT2D eigenvalue weighted by atomic mass is 10.1. The minimum absolute atomic E-state index is 0.00172. The Bertz CT molecular complexity index is 427. The molecule has 86 valence electrons. The summed E-state index contributed by atoms with van der Waals surface area (Å²) in [6.45, 7) is 1.49. The highest BCUT2D eigenvalue weighted by Gasteiger charge is 2.26. The smallest absolute Gasteiger partial charge is 0.137 e. The molecule has 2 rings (SSSR count). The van der Waals surface area contributed by atoms with E-state index in [1.807, 2.05) is 0 Å². The fraction of sp³-hybridized carbons (Fsp3) is 0.417. The molecule has 1 aliphatic carbocycles. The largest absolute Gasteiger partial charge is 0.489 e. The third-order valence-corrected chi connectivity index (χ3v) is 2.92. The number of benzene rings is 1. The summed E-state index contributed by atoms with van der Waals surface area (Å²) < 4.78 is 19.5. The molecule has 0 aliphatic heterocycles. The van der Waals surface area contributed by atoms with Gasteiger partial charge < -0.3 is 4.74 Å². The van der Waals surface area contributed by atoms with E-state index in [9.17, 15) is 9.18 Å². The zero-order valence-electron chi connectivity index (χ0n) is 8.93. The van der Waals surface area contributed by atoms with E-state index in [4.69, 9.17) is 4.74 Å². The molecule has 1 saturated carbocycles. The molecule has 0 radical (unpaired) electrons. The summed E-state index contributed by atoms with van der Waals surface area (Å²) in [5.41, 5.74) is 0.617. The van der Waals surface area contributed by atoms with Gasteiger partial charge in [-0.3, -0.25) is 4.79 Å². The van der Waals surface area contributed by atoms with E-state index >= 15 is 0 Å². The summed E-state index contributed by atoms with van der Waals surface area (Å²) in [5.74, 6) is 0.253. The maximum absolute atomic E-state index is 13.2. The maximum atomic E-state index is 13.2. The third kappa shape index (κ3) is 2.82. The number of carbonyl (C=O) groups excluding carboxylic acids is 1. The second kappa shape index (κ2) is 4.53. The number of hydrogen-bond acceptors (Lipinski definition) is 2. The molecule has 1 aromatic carbocycles. The Morgan fingerprint density at radius 3 is 2.81 bits per heavy atom. The van der Waals surface area contributed by atoms with Gasteiger partial charge in [-0.2, -0.15) is 0 Å². The van der Waals surface area contributed by atoms with Crippen LogP contribution in [0.4, 0.5) is 4.39 Å². The van der Waals surface area contributed by atoms with Crippen LogP contribution < -0.4 is 4.74 Å². The molecule has 16 heavy (non-hydrogen) atoms. The number of ether oxygens (including phenoxy) is 1. The van der Waals surface area contributed by atoms with E-state index in [-0.39, 0.29) is 24.1 Å². The van der Waals surface area contributed by atoms with Crippen LogP contribution in [0.3, 0.4) is 0 Å². The van der Waals surface area contributed by atoms with Crippen molar-refractivity contribution < 1.29 is 13.9 Å². The van der Waals surface area contributed by atoms with Crippen molar-refractivity contribution in [3.8, 4) is 5.75 Å². The van der Waals surface area contributed by atoms with E-state index in [0.29, 0.717) is 15.8 Å². The number of halogens is 2. The predicted molar refractivity (Wildman–Crippen MR) is 62.1 cm³/mol. The van der Waals surface area contributed by atoms with E-state index < -0.39 is 0 Å². The molecular weight excluding hydrogens is 275 g/mol. The summed E-state index contributed by atoms with van der Waals surface area (Å²) in [6, 6.07) is 2.73. The number of carbonyl (C=O) groups is 1. The van der Waals surface area contributed by atoms with Gasteiger partial charge in [-0.25, -0.2) is 4.39 Å². The van der Waals surface area contributed by atoms with Crippen LogP contribution in [0.15, 0.2) is 16.6 Å². The second-order valence-electron chi connectivity index (χ2n) is 4.07. The van der Waals surface area contributed by atoms with Gasteiger partial charge in [-0.05, 0) is 47.8 Å². The first kappa shape index (κ1) is 11.6. The van der Waals surface area contributed by atoms with Crippen molar-refractivity contribution in [1.29, 1.82) is 0 Å². The van der Waals surface area contributed by atoms with Crippen LogP contribution in [0.2, 0.25) is 0 Å². The highest BCUT2D eigenvalue weighted by atomic mass is 79.9. The highest BCUT2D eigenvalue weighted by Crippen LogP contribution is 2.36. The van der Waals surface area contributed by atoms with E-state index in [1.165, 1.54) is 19.1 Å². The minimum atomic E-state index is -0.355. The van der Waals surface area contributed by atoms with Crippen LogP contribution in [-0.4, -0.2) is 11.9 Å². The Labute approximate surface area is 102 Å². The van der Waals surface area contributed by atoms with E-state index in [2.05, 4.69) is 15.9 Å². The average Bonchev–Trinajstić information content (AvgIpc) is 2.93. The normalized spacial score (nSPS) is 14.9. The van der Waals surface area contributed by atoms with Gasteiger partial charge >= 0.3 is 0 Å². The lowest BCUT2D eigenvalue weighted by Crippen LogP contribution is -2.05. The summed E-state index contributed by atoms with van der Waals surface area (Å²) in [6.07, 6.45) is 2.50. The quantitative estimate of drug-likeness (QED) is 0.849. The van der Waals surface area contributed by atoms with Gasteiger partial charge in [0.25, 0.3) is 0 Å². The molecule has 0 bridgehead atoms. The van der Waals surface area contributed by atoms with Crippen molar-refractivity contribution in [2.75, 3.05) is 0 Å². The molecule has 0 heterocycles. The summed E-state index contributed by atoms with van der Waals surface area (Å²) in [5, 5.41) is 0. The summed E-state index contributed by atoms with van der Waals surface area (Å²) >= 11 is 3.27. The van der Waals surface area contributed by atoms with Gasteiger partial charge in [0, 0.05) is 12.0 Å². The zero-order chi connectivity index (χ0) is 11.7. The van der Waals surface area contributed by atoms with Crippen LogP contribution in [0.25, 0.3) is 0 Å². The van der Waals surface area contributed by atoms with E-state index in [0.717, 1.165) is 12.8 Å². The lowest BCUT2D eigenvalue weighted by Gasteiger charge is -2.12. The monoisotopic (exact) mass is 286 g/mol. The molecule has 0 amide bonds. The molecule has 0 aromatic heterocycles. The Morgan fingerprint density at radius 1 is 1.56 bits per heavy atom. The number of Topliss-reactive ketones (excluding diaryl/α,β-unsaturated/α-hetero) is 1. The van der Waals surface area contributed by atoms with Crippen molar-refractivity contribution in [2.45, 2.75) is 32.3 Å². The molecule has 1 fully saturated rings. The van der Waals surface area contributed by atoms with Gasteiger partial charge in [-0.15, -0.1) is 0 Å². The maximum Gasteiger partial charge on any atom is 0.137 e. The van der Waals surface area contributed by atoms with Crippen molar-refractivity contribution in [3.63, 3.8) is 0 Å². The van der Waals surface area contributed by atoms with Crippen LogP contribution in [0, 0.1) is 5.82 Å². The number of ketones is 1. The lowest BCUT2D eigenvalue weighted by molar-refractivity contribution is -0.116. The van der Waals surface area contributed by atoms with E-state index in [1.54, 1.807) is 0 Å². The molecule has 0 unspecified atom stereocenters. The standard InChI is InChI=1S/C12H12BrFO2/c1-7(15)4-8-5-9(14)6-11(13)12(8)16-10-2-3-10/h5-6,10H,2-4H2,1H3.